The minimum absolute atomic E-state index is 0. The first-order chi connectivity index (χ1) is 24.5. The van der Waals surface area contributed by atoms with E-state index in [2.05, 4.69) is 88.4 Å². The number of para-hydroxylation sites is 1. The number of thiophene rings is 1. The predicted molar refractivity (Wildman–Crippen MR) is 218 cm³/mol. The number of carbonyl (C=O) groups is 1. The summed E-state index contributed by atoms with van der Waals surface area (Å²) in [6, 6.07) is 27.2. The van der Waals surface area contributed by atoms with Crippen LogP contribution in [0.4, 0.5) is 0 Å². The molecule has 1 N–H and O–H groups in total. The van der Waals surface area contributed by atoms with Crippen LogP contribution in [0, 0.1) is 30.2 Å². The number of aryl methyl sites for hydroxylation is 1. The van der Waals surface area contributed by atoms with E-state index in [1.54, 1.807) is 0 Å². The smallest absolute Gasteiger partial charge is 0.162 e. The van der Waals surface area contributed by atoms with Crippen molar-refractivity contribution in [1.82, 2.24) is 4.98 Å². The van der Waals surface area contributed by atoms with Crippen LogP contribution in [0.5, 0.6) is 0 Å². The molecule has 4 aromatic carbocycles. The van der Waals surface area contributed by atoms with Crippen LogP contribution in [-0.4, -0.2) is 15.9 Å². The van der Waals surface area contributed by atoms with Crippen LogP contribution in [-0.2, 0) is 31.3 Å². The molecule has 0 bridgehead atoms. The number of hydrogen-bond donors (Lipinski definition) is 1. The SMILES string of the molecule is CCC(CC)C(=O)/C=C(\O)C(CC)CC.Cc1c(CC(C)(C)C)ccc2c1sc1c(-c3[c-]c4ccccc4c4c3oc3ccccc34)nccc12.[Ir]. The number of benzene rings is 4. The number of fused-ring (bicyclic) bond motifs is 8. The topological polar surface area (TPSA) is 63.3 Å². The van der Waals surface area contributed by atoms with Gasteiger partial charge in [-0.15, -0.1) is 28.9 Å². The Morgan fingerprint density at radius 1 is 0.846 bits per heavy atom. The van der Waals surface area contributed by atoms with Gasteiger partial charge < -0.3 is 9.52 Å². The molecule has 3 heterocycles. The molecule has 3 aromatic heterocycles. The van der Waals surface area contributed by atoms with Crippen molar-refractivity contribution in [3.05, 3.63) is 102 Å². The summed E-state index contributed by atoms with van der Waals surface area (Å²) in [5, 5.41) is 16.8. The van der Waals surface area contributed by atoms with Crippen molar-refractivity contribution in [1.29, 1.82) is 0 Å². The Kier molecular flexibility index (Phi) is 12.5. The van der Waals surface area contributed by atoms with Crippen LogP contribution in [0.3, 0.4) is 0 Å². The van der Waals surface area contributed by atoms with Gasteiger partial charge in [0.25, 0.3) is 0 Å². The van der Waals surface area contributed by atoms with Gasteiger partial charge in [0.2, 0.25) is 0 Å². The van der Waals surface area contributed by atoms with Crippen LogP contribution < -0.4 is 0 Å². The van der Waals surface area contributed by atoms with Gasteiger partial charge in [-0.2, -0.15) is 0 Å². The van der Waals surface area contributed by atoms with E-state index in [9.17, 15) is 9.90 Å². The number of ketones is 1. The summed E-state index contributed by atoms with van der Waals surface area (Å²) in [6.45, 7) is 17.3. The fourth-order valence-electron chi connectivity index (χ4n) is 7.32. The summed E-state index contributed by atoms with van der Waals surface area (Å²) in [5.41, 5.74) is 6.68. The quantitative estimate of drug-likeness (QED) is 0.0891. The number of hydrogen-bond acceptors (Lipinski definition) is 5. The van der Waals surface area contributed by atoms with Gasteiger partial charge >= 0.3 is 0 Å². The van der Waals surface area contributed by atoms with E-state index < -0.39 is 0 Å². The van der Waals surface area contributed by atoms with Gasteiger partial charge in [0.1, 0.15) is 5.58 Å². The average molecular weight is 889 g/mol. The third-order valence-electron chi connectivity index (χ3n) is 10.2. The first kappa shape index (κ1) is 39.4. The molecule has 1 radical (unpaired) electrons. The number of aromatic nitrogens is 1. The summed E-state index contributed by atoms with van der Waals surface area (Å²) in [4.78, 5) is 16.6. The van der Waals surface area contributed by atoms with Crippen molar-refractivity contribution in [3.63, 3.8) is 0 Å². The molecule has 0 fully saturated rings. The second-order valence-corrected chi connectivity index (χ2v) is 16.0. The zero-order chi connectivity index (χ0) is 36.4. The molecule has 0 aliphatic heterocycles. The van der Waals surface area contributed by atoms with Crippen LogP contribution in [0.25, 0.3) is 64.1 Å². The van der Waals surface area contributed by atoms with Crippen molar-refractivity contribution in [2.45, 2.75) is 87.5 Å². The van der Waals surface area contributed by atoms with E-state index in [0.29, 0.717) is 0 Å². The maximum atomic E-state index is 11.7. The number of carbonyl (C=O) groups excluding carboxylic acids is 1. The molecule has 7 aromatic rings. The van der Waals surface area contributed by atoms with Crippen molar-refractivity contribution in [3.8, 4) is 11.3 Å². The predicted octanol–water partition coefficient (Wildman–Crippen LogP) is 13.7. The van der Waals surface area contributed by atoms with Crippen molar-refractivity contribution < 1.29 is 34.4 Å². The summed E-state index contributed by atoms with van der Waals surface area (Å²) >= 11 is 1.85. The van der Waals surface area contributed by atoms with E-state index in [1.165, 1.54) is 37.4 Å². The molecular formula is C46H50IrNO3S-. The zero-order valence-electron chi connectivity index (χ0n) is 31.6. The molecule has 0 spiro atoms. The number of aliphatic hydroxyl groups excluding tert-OH is 1. The third-order valence-corrected chi connectivity index (χ3v) is 11.6. The van der Waals surface area contributed by atoms with Crippen molar-refractivity contribution in [2.75, 3.05) is 0 Å². The average Bonchev–Trinajstić information content (AvgIpc) is 3.70. The molecule has 0 aliphatic rings. The van der Waals surface area contributed by atoms with Gasteiger partial charge in [0.15, 0.2) is 5.78 Å². The van der Waals surface area contributed by atoms with E-state index in [-0.39, 0.29) is 48.9 Å². The second-order valence-electron chi connectivity index (χ2n) is 14.9. The molecule has 6 heteroatoms. The second kappa shape index (κ2) is 16.5. The van der Waals surface area contributed by atoms with E-state index in [4.69, 9.17) is 9.40 Å². The number of nitrogens with zero attached hydrogens (tertiary/aromatic N) is 1. The molecule has 0 saturated carbocycles. The van der Waals surface area contributed by atoms with Gasteiger partial charge in [-0.3, -0.25) is 9.78 Å². The normalized spacial score (nSPS) is 12.3. The molecule has 7 rings (SSSR count). The standard InChI is InChI=1S/C33H26NOS.C13H24O2.Ir/c1-19-21(18-33(2,3)4)13-14-23-24-15-16-34-29(32(24)36-31(19)23)26-17-20-9-5-6-10-22(20)28-25-11-7-8-12-27(25)35-30(26)28;1-5-10(6-2)12(14)9-13(15)11(7-3)8-4;/h5-16H,18H2,1-4H3;9-11,14H,5-8H2,1-4H3;/q-1;;/b;12-9-;. The molecule has 52 heavy (non-hydrogen) atoms. The van der Waals surface area contributed by atoms with E-state index in [0.717, 1.165) is 76.1 Å². The fraction of sp³-hybridized carbons (Fsp3) is 0.348. The Bertz CT molecular complexity index is 2380. The van der Waals surface area contributed by atoms with E-state index >= 15 is 0 Å². The maximum Gasteiger partial charge on any atom is 0.162 e. The van der Waals surface area contributed by atoms with Gasteiger partial charge in [-0.05, 0) is 78.5 Å². The Morgan fingerprint density at radius 3 is 2.15 bits per heavy atom. The Balaban J connectivity index is 0.000000280. The summed E-state index contributed by atoms with van der Waals surface area (Å²) in [5.74, 6) is 0.547. The molecular weight excluding hydrogens is 839 g/mol. The van der Waals surface area contributed by atoms with Crippen molar-refractivity contribution >= 4 is 70.0 Å². The molecule has 0 unspecified atom stereocenters. The third kappa shape index (κ3) is 7.76. The molecule has 0 aliphatic carbocycles. The first-order valence-electron chi connectivity index (χ1n) is 18.5. The first-order valence-corrected chi connectivity index (χ1v) is 19.3. The Hall–Kier alpha value is -3.83. The van der Waals surface area contributed by atoms with Crippen LogP contribution in [0.2, 0.25) is 0 Å². The maximum absolute atomic E-state index is 11.7. The van der Waals surface area contributed by atoms with Crippen LogP contribution in [0.15, 0.2) is 89.2 Å². The van der Waals surface area contributed by atoms with Gasteiger partial charge in [-0.1, -0.05) is 108 Å². The number of aliphatic hydroxyl groups is 1. The minimum atomic E-state index is 0. The summed E-state index contributed by atoms with van der Waals surface area (Å²) in [7, 11) is 0. The largest absolute Gasteiger partial charge is 0.512 e. The summed E-state index contributed by atoms with van der Waals surface area (Å²) < 4.78 is 9.04. The zero-order valence-corrected chi connectivity index (χ0v) is 34.9. The molecule has 0 atom stereocenters. The molecule has 0 saturated heterocycles. The number of rotatable bonds is 9. The van der Waals surface area contributed by atoms with Crippen LogP contribution in [0.1, 0.15) is 85.3 Å². The van der Waals surface area contributed by atoms with Gasteiger partial charge in [0, 0.05) is 70.1 Å². The summed E-state index contributed by atoms with van der Waals surface area (Å²) in [6.07, 6.45) is 7.90. The Labute approximate surface area is 325 Å². The van der Waals surface area contributed by atoms with Gasteiger partial charge in [-0.25, -0.2) is 0 Å². The minimum Gasteiger partial charge on any atom is -0.512 e. The number of allylic oxidation sites excluding steroid dienone is 2. The molecule has 0 amide bonds. The molecule has 4 nitrogen and oxygen atoms in total. The van der Waals surface area contributed by atoms with Crippen LogP contribution >= 0.6 is 11.3 Å². The Morgan fingerprint density at radius 2 is 1.48 bits per heavy atom. The van der Waals surface area contributed by atoms with E-state index in [1.807, 2.05) is 57.4 Å². The van der Waals surface area contributed by atoms with Gasteiger partial charge in [0.05, 0.1) is 11.3 Å². The van der Waals surface area contributed by atoms with Crippen molar-refractivity contribution in [2.24, 2.45) is 17.3 Å². The number of pyridine rings is 1. The fourth-order valence-corrected chi connectivity index (χ4v) is 8.63. The monoisotopic (exact) mass is 889 g/mol. The molecule has 273 valence electrons. The number of furan rings is 1.